The van der Waals surface area contributed by atoms with Gasteiger partial charge in [0.25, 0.3) is 0 Å². The number of ether oxygens (including phenoxy) is 2. The lowest BCUT2D eigenvalue weighted by Crippen LogP contribution is -2.17. The molecule has 0 aliphatic rings. The number of hydrogen-bond donors (Lipinski definition) is 1. The summed E-state index contributed by atoms with van der Waals surface area (Å²) in [6.45, 7) is 4.39. The highest BCUT2D eigenvalue weighted by Gasteiger charge is 2.23. The van der Waals surface area contributed by atoms with Crippen LogP contribution < -0.4 is 9.47 Å². The van der Waals surface area contributed by atoms with Crippen LogP contribution in [0.1, 0.15) is 38.2 Å². The number of nitriles is 1. The molecule has 2 unspecified atom stereocenters. The van der Waals surface area contributed by atoms with Gasteiger partial charge in [-0.25, -0.2) is 0 Å². The minimum Gasteiger partial charge on any atom is -0.493 e. The molecule has 0 saturated carbocycles. The van der Waals surface area contributed by atoms with Crippen molar-refractivity contribution in [3.05, 3.63) is 22.2 Å². The van der Waals surface area contributed by atoms with Crippen molar-refractivity contribution in [3.8, 4) is 17.6 Å². The van der Waals surface area contributed by atoms with E-state index in [0.717, 1.165) is 16.5 Å². The van der Waals surface area contributed by atoms with Gasteiger partial charge in [0.15, 0.2) is 11.5 Å². The number of rotatable bonds is 7. The first-order chi connectivity index (χ1) is 9.58. The Morgan fingerprint density at radius 2 is 2.10 bits per heavy atom. The van der Waals surface area contributed by atoms with E-state index in [4.69, 9.17) is 9.47 Å². The molecule has 0 aliphatic heterocycles. The molecule has 0 aromatic heterocycles. The van der Waals surface area contributed by atoms with E-state index in [1.54, 1.807) is 19.2 Å². The van der Waals surface area contributed by atoms with Gasteiger partial charge in [-0.1, -0.05) is 13.3 Å². The van der Waals surface area contributed by atoms with E-state index in [9.17, 15) is 10.4 Å². The Kier molecular flexibility index (Phi) is 6.83. The van der Waals surface area contributed by atoms with Crippen LogP contribution in [0.15, 0.2) is 16.6 Å². The molecular formula is C15H20BrNO3. The Bertz CT molecular complexity index is 485. The molecule has 110 valence electrons. The number of methoxy groups -OCH3 is 1. The van der Waals surface area contributed by atoms with E-state index in [1.807, 2.05) is 13.8 Å². The summed E-state index contributed by atoms with van der Waals surface area (Å²) in [6, 6.07) is 5.72. The predicted molar refractivity (Wildman–Crippen MR) is 81.1 cm³/mol. The Morgan fingerprint density at radius 1 is 1.40 bits per heavy atom. The highest BCUT2D eigenvalue weighted by atomic mass is 79.9. The van der Waals surface area contributed by atoms with Gasteiger partial charge in [-0.2, -0.15) is 5.26 Å². The Labute approximate surface area is 128 Å². The van der Waals surface area contributed by atoms with Crippen LogP contribution in [0.25, 0.3) is 0 Å². The molecule has 5 heteroatoms. The second-order valence-electron chi connectivity index (χ2n) is 4.43. The topological polar surface area (TPSA) is 62.5 Å². The average molecular weight is 342 g/mol. The van der Waals surface area contributed by atoms with Crippen molar-refractivity contribution >= 4 is 15.9 Å². The number of benzene rings is 1. The summed E-state index contributed by atoms with van der Waals surface area (Å²) in [7, 11) is 1.55. The van der Waals surface area contributed by atoms with Gasteiger partial charge in [-0.05, 0) is 47.0 Å². The third-order valence-electron chi connectivity index (χ3n) is 3.01. The highest BCUT2D eigenvalue weighted by Crippen LogP contribution is 2.39. The molecule has 0 radical (unpaired) electrons. The van der Waals surface area contributed by atoms with Crippen molar-refractivity contribution in [1.82, 2.24) is 0 Å². The third-order valence-corrected chi connectivity index (χ3v) is 3.60. The minimum atomic E-state index is -0.681. The van der Waals surface area contributed by atoms with Gasteiger partial charge in [-0.15, -0.1) is 0 Å². The molecule has 1 rings (SSSR count). The Hall–Kier alpha value is -1.25. The molecule has 1 N–H and O–H groups in total. The summed E-state index contributed by atoms with van der Waals surface area (Å²) < 4.78 is 11.5. The molecule has 0 heterocycles. The molecule has 1 aromatic carbocycles. The standard InChI is InChI=1S/C15H20BrNO3/c1-4-6-13(18)11(9-17)10-7-12(16)15(20-5-2)14(8-10)19-3/h7-8,11,13,18H,4-6H2,1-3H3. The molecule has 0 spiro atoms. The fourth-order valence-corrected chi connectivity index (χ4v) is 2.62. The molecule has 0 aliphatic carbocycles. The van der Waals surface area contributed by atoms with Crippen molar-refractivity contribution in [2.45, 2.75) is 38.7 Å². The van der Waals surface area contributed by atoms with E-state index in [2.05, 4.69) is 22.0 Å². The molecule has 2 atom stereocenters. The van der Waals surface area contributed by atoms with Crippen LogP contribution in [0.4, 0.5) is 0 Å². The van der Waals surface area contributed by atoms with Crippen molar-refractivity contribution in [2.24, 2.45) is 0 Å². The number of aliphatic hydroxyl groups is 1. The number of aliphatic hydroxyl groups excluding tert-OH is 1. The molecule has 20 heavy (non-hydrogen) atoms. The van der Waals surface area contributed by atoms with Gasteiger partial charge < -0.3 is 14.6 Å². The van der Waals surface area contributed by atoms with Crippen LogP contribution in [0.5, 0.6) is 11.5 Å². The lowest BCUT2D eigenvalue weighted by molar-refractivity contribution is 0.150. The van der Waals surface area contributed by atoms with Gasteiger partial charge >= 0.3 is 0 Å². The molecule has 0 amide bonds. The van der Waals surface area contributed by atoms with Crippen molar-refractivity contribution < 1.29 is 14.6 Å². The molecule has 0 fully saturated rings. The second kappa shape index (κ2) is 8.13. The summed E-state index contributed by atoms with van der Waals surface area (Å²) >= 11 is 3.43. The third kappa shape index (κ3) is 3.87. The van der Waals surface area contributed by atoms with Crippen LogP contribution in [-0.2, 0) is 0 Å². The summed E-state index contributed by atoms with van der Waals surface area (Å²) in [6.07, 6.45) is 0.736. The molecule has 0 bridgehead atoms. The monoisotopic (exact) mass is 341 g/mol. The predicted octanol–water partition coefficient (Wildman–Crippen LogP) is 3.62. The van der Waals surface area contributed by atoms with Crippen LogP contribution in [0.2, 0.25) is 0 Å². The fourth-order valence-electron chi connectivity index (χ4n) is 2.05. The van der Waals surface area contributed by atoms with Gasteiger partial charge in [0.1, 0.15) is 0 Å². The van der Waals surface area contributed by atoms with Gasteiger partial charge in [-0.3, -0.25) is 0 Å². The Balaban J connectivity index is 3.19. The average Bonchev–Trinajstić information content (AvgIpc) is 2.42. The first-order valence-electron chi connectivity index (χ1n) is 6.66. The summed E-state index contributed by atoms with van der Waals surface area (Å²) in [5.74, 6) is 0.594. The van der Waals surface area contributed by atoms with Gasteiger partial charge in [0, 0.05) is 0 Å². The number of nitrogens with zero attached hydrogens (tertiary/aromatic N) is 1. The Morgan fingerprint density at radius 3 is 2.60 bits per heavy atom. The highest BCUT2D eigenvalue weighted by molar-refractivity contribution is 9.10. The molecule has 0 saturated heterocycles. The van der Waals surface area contributed by atoms with Crippen LogP contribution in [0.3, 0.4) is 0 Å². The summed E-state index contributed by atoms with van der Waals surface area (Å²) in [5.41, 5.74) is 0.723. The zero-order valence-corrected chi connectivity index (χ0v) is 13.6. The van der Waals surface area contributed by atoms with E-state index in [-0.39, 0.29) is 0 Å². The van der Waals surface area contributed by atoms with E-state index in [0.29, 0.717) is 24.5 Å². The maximum Gasteiger partial charge on any atom is 0.175 e. The molecule has 1 aromatic rings. The maximum atomic E-state index is 10.1. The lowest BCUT2D eigenvalue weighted by atomic mass is 9.92. The zero-order valence-electron chi connectivity index (χ0n) is 12.0. The smallest absolute Gasteiger partial charge is 0.175 e. The summed E-state index contributed by atoms with van der Waals surface area (Å²) in [4.78, 5) is 0. The van der Waals surface area contributed by atoms with Crippen LogP contribution in [0, 0.1) is 11.3 Å². The summed E-state index contributed by atoms with van der Waals surface area (Å²) in [5, 5.41) is 19.4. The SMILES string of the molecule is CCCC(O)C(C#N)c1cc(Br)c(OCC)c(OC)c1. The minimum absolute atomic E-state index is 0.522. The van der Waals surface area contributed by atoms with E-state index < -0.39 is 12.0 Å². The maximum absolute atomic E-state index is 10.1. The van der Waals surface area contributed by atoms with E-state index >= 15 is 0 Å². The first kappa shape index (κ1) is 16.8. The quantitative estimate of drug-likeness (QED) is 0.822. The normalized spacial score (nSPS) is 13.4. The van der Waals surface area contributed by atoms with Crippen molar-refractivity contribution in [3.63, 3.8) is 0 Å². The van der Waals surface area contributed by atoms with Crippen molar-refractivity contribution in [2.75, 3.05) is 13.7 Å². The fraction of sp³-hybridized carbons (Fsp3) is 0.533. The molecular weight excluding hydrogens is 322 g/mol. The number of hydrogen-bond acceptors (Lipinski definition) is 4. The van der Waals surface area contributed by atoms with Gasteiger partial charge in [0.05, 0.1) is 36.3 Å². The lowest BCUT2D eigenvalue weighted by Gasteiger charge is -2.19. The van der Waals surface area contributed by atoms with Gasteiger partial charge in [0.2, 0.25) is 0 Å². The van der Waals surface area contributed by atoms with Crippen molar-refractivity contribution in [1.29, 1.82) is 5.26 Å². The number of halogens is 1. The first-order valence-corrected chi connectivity index (χ1v) is 7.46. The molecule has 4 nitrogen and oxygen atoms in total. The van der Waals surface area contributed by atoms with Crippen LogP contribution in [-0.4, -0.2) is 24.9 Å². The van der Waals surface area contributed by atoms with E-state index in [1.165, 1.54) is 0 Å². The largest absolute Gasteiger partial charge is 0.493 e. The second-order valence-corrected chi connectivity index (χ2v) is 5.28. The zero-order chi connectivity index (χ0) is 15.1. The van der Waals surface area contributed by atoms with Crippen LogP contribution >= 0.6 is 15.9 Å².